The number of rotatable bonds is 2. The molecule has 0 aliphatic carbocycles. The minimum Gasteiger partial charge on any atom is -0.369 e. The van der Waals surface area contributed by atoms with Crippen molar-refractivity contribution < 1.29 is 9.59 Å². The van der Waals surface area contributed by atoms with Crippen molar-refractivity contribution in [1.29, 1.82) is 0 Å². The van der Waals surface area contributed by atoms with Crippen molar-refractivity contribution in [3.05, 3.63) is 16.1 Å². The average molecular weight is 194 g/mol. The Labute approximate surface area is 78.8 Å². The number of aldehydes is 1. The molecule has 1 heterocycles. The van der Waals surface area contributed by atoms with E-state index in [9.17, 15) is 9.59 Å². The molecule has 1 aromatic rings. The number of primary amides is 1. The van der Waals surface area contributed by atoms with E-state index in [1.807, 2.05) is 0 Å². The fourth-order valence-electron chi connectivity index (χ4n) is 0.605. The number of amides is 1. The summed E-state index contributed by atoms with van der Waals surface area (Å²) in [5.74, 6) is 4.70. The Morgan fingerprint density at radius 3 is 3.08 bits per heavy atom. The van der Waals surface area contributed by atoms with Gasteiger partial charge in [-0.1, -0.05) is 5.92 Å². The topological polar surface area (TPSA) is 73.1 Å². The number of nitrogens with zero attached hydrogens (tertiary/aromatic N) is 1. The van der Waals surface area contributed by atoms with E-state index in [2.05, 4.69) is 16.8 Å². The molecule has 0 aromatic carbocycles. The van der Waals surface area contributed by atoms with Gasteiger partial charge in [0.1, 0.15) is 5.69 Å². The van der Waals surface area contributed by atoms with E-state index in [1.165, 1.54) is 11.3 Å². The summed E-state index contributed by atoms with van der Waals surface area (Å²) in [5.41, 5.74) is 5.23. The van der Waals surface area contributed by atoms with E-state index < -0.39 is 5.91 Å². The predicted molar refractivity (Wildman–Crippen MR) is 48.2 cm³/mol. The molecule has 0 bridgehead atoms. The number of nitrogens with two attached hydrogens (primary N) is 1. The van der Waals surface area contributed by atoms with E-state index in [-0.39, 0.29) is 6.42 Å². The Morgan fingerprint density at radius 1 is 1.77 bits per heavy atom. The molecule has 1 rings (SSSR count). The Hall–Kier alpha value is -1.67. The van der Waals surface area contributed by atoms with Gasteiger partial charge in [0.2, 0.25) is 5.91 Å². The Kier molecular flexibility index (Phi) is 3.17. The average Bonchev–Trinajstić information content (AvgIpc) is 2.52. The molecule has 0 aliphatic rings. The molecule has 0 saturated heterocycles. The van der Waals surface area contributed by atoms with Crippen LogP contribution >= 0.6 is 11.3 Å². The van der Waals surface area contributed by atoms with Gasteiger partial charge < -0.3 is 5.73 Å². The van der Waals surface area contributed by atoms with Crippen LogP contribution in [0.4, 0.5) is 0 Å². The third-order valence-electron chi connectivity index (χ3n) is 1.10. The lowest BCUT2D eigenvalue weighted by atomic mass is 10.4. The lowest BCUT2D eigenvalue weighted by molar-refractivity contribution is -0.117. The normalized spacial score (nSPS) is 8.62. The van der Waals surface area contributed by atoms with Crippen LogP contribution in [0.25, 0.3) is 0 Å². The first-order chi connectivity index (χ1) is 6.22. The summed E-state index contributed by atoms with van der Waals surface area (Å²) in [6.07, 6.45) is 0.658. The van der Waals surface area contributed by atoms with Crippen molar-refractivity contribution in [1.82, 2.24) is 4.98 Å². The lowest BCUT2D eigenvalue weighted by Gasteiger charge is -1.78. The van der Waals surface area contributed by atoms with Gasteiger partial charge >= 0.3 is 0 Å². The molecule has 0 aliphatic heterocycles. The summed E-state index contributed by atoms with van der Waals surface area (Å²) < 4.78 is 0. The van der Waals surface area contributed by atoms with Crippen molar-refractivity contribution >= 4 is 23.5 Å². The number of hydrogen-bond donors (Lipinski definition) is 1. The molecule has 5 heteroatoms. The summed E-state index contributed by atoms with van der Waals surface area (Å²) in [4.78, 5) is 24.4. The van der Waals surface area contributed by atoms with Gasteiger partial charge in [-0.25, -0.2) is 4.98 Å². The van der Waals surface area contributed by atoms with Gasteiger partial charge in [0.25, 0.3) is 0 Å². The van der Waals surface area contributed by atoms with E-state index >= 15 is 0 Å². The first kappa shape index (κ1) is 9.42. The number of thiazole rings is 1. The minimum absolute atomic E-state index is 0.00992. The largest absolute Gasteiger partial charge is 0.369 e. The zero-order valence-corrected chi connectivity index (χ0v) is 7.43. The Bertz CT molecular complexity index is 386. The maximum Gasteiger partial charge on any atom is 0.229 e. The van der Waals surface area contributed by atoms with E-state index in [0.717, 1.165) is 0 Å². The highest BCUT2D eigenvalue weighted by atomic mass is 32.1. The molecule has 0 fully saturated rings. The summed E-state index contributed by atoms with van der Waals surface area (Å²) >= 11 is 1.26. The minimum atomic E-state index is -0.473. The zero-order valence-electron chi connectivity index (χ0n) is 6.61. The second kappa shape index (κ2) is 4.38. The highest BCUT2D eigenvalue weighted by molar-refractivity contribution is 7.10. The van der Waals surface area contributed by atoms with Crippen molar-refractivity contribution in [3.63, 3.8) is 0 Å². The second-order valence-electron chi connectivity index (χ2n) is 2.14. The van der Waals surface area contributed by atoms with Gasteiger partial charge in [-0.2, -0.15) is 0 Å². The van der Waals surface area contributed by atoms with Crippen LogP contribution in [-0.2, 0) is 4.79 Å². The van der Waals surface area contributed by atoms with Crippen molar-refractivity contribution in [2.75, 3.05) is 0 Å². The fourth-order valence-corrected chi connectivity index (χ4v) is 1.23. The van der Waals surface area contributed by atoms with Gasteiger partial charge in [0, 0.05) is 5.38 Å². The van der Waals surface area contributed by atoms with Gasteiger partial charge in [-0.05, 0) is 5.92 Å². The number of carbonyl (C=O) groups excluding carboxylic acids is 2. The summed E-state index contributed by atoms with van der Waals surface area (Å²) in [5, 5.41) is 2.12. The predicted octanol–water partition coefficient (Wildman–Crippen LogP) is 0.183. The maximum absolute atomic E-state index is 10.3. The van der Waals surface area contributed by atoms with Gasteiger partial charge in [0.05, 0.1) is 6.42 Å². The summed E-state index contributed by atoms with van der Waals surface area (Å²) in [7, 11) is 0. The molecular weight excluding hydrogens is 188 g/mol. The highest BCUT2D eigenvalue weighted by Gasteiger charge is 1.96. The molecule has 0 spiro atoms. The van der Waals surface area contributed by atoms with Crippen molar-refractivity contribution in [2.45, 2.75) is 6.42 Å². The van der Waals surface area contributed by atoms with Crippen LogP contribution < -0.4 is 5.73 Å². The summed E-state index contributed by atoms with van der Waals surface area (Å²) in [6.45, 7) is 0. The van der Waals surface area contributed by atoms with Crippen LogP contribution in [-0.4, -0.2) is 17.2 Å². The van der Waals surface area contributed by atoms with Crippen LogP contribution in [0, 0.1) is 11.8 Å². The van der Waals surface area contributed by atoms with Gasteiger partial charge in [-0.15, -0.1) is 11.3 Å². The van der Waals surface area contributed by atoms with Crippen LogP contribution in [0.1, 0.15) is 21.9 Å². The SMILES string of the molecule is NC(=O)CC#Cc1nc(C=O)cs1. The Morgan fingerprint density at radius 2 is 2.54 bits per heavy atom. The molecule has 66 valence electrons. The van der Waals surface area contributed by atoms with Crippen LogP contribution in [0.15, 0.2) is 5.38 Å². The third-order valence-corrected chi connectivity index (χ3v) is 1.88. The van der Waals surface area contributed by atoms with Crippen molar-refractivity contribution in [2.24, 2.45) is 5.73 Å². The first-order valence-corrected chi connectivity index (χ1v) is 4.28. The number of aromatic nitrogens is 1. The summed E-state index contributed by atoms with van der Waals surface area (Å²) in [6, 6.07) is 0. The van der Waals surface area contributed by atoms with E-state index in [0.29, 0.717) is 17.0 Å². The molecule has 1 aromatic heterocycles. The smallest absolute Gasteiger partial charge is 0.229 e. The van der Waals surface area contributed by atoms with E-state index in [1.54, 1.807) is 5.38 Å². The van der Waals surface area contributed by atoms with Crippen LogP contribution in [0.5, 0.6) is 0 Å². The molecule has 2 N–H and O–H groups in total. The molecule has 0 unspecified atom stereocenters. The third kappa shape index (κ3) is 3.05. The highest BCUT2D eigenvalue weighted by Crippen LogP contribution is 2.05. The lowest BCUT2D eigenvalue weighted by Crippen LogP contribution is -2.08. The van der Waals surface area contributed by atoms with Gasteiger partial charge in [0.15, 0.2) is 11.3 Å². The molecular formula is C8H6N2O2S. The van der Waals surface area contributed by atoms with Crippen molar-refractivity contribution in [3.8, 4) is 11.8 Å². The molecule has 0 atom stereocenters. The maximum atomic E-state index is 10.3. The second-order valence-corrected chi connectivity index (χ2v) is 3.00. The fraction of sp³-hybridized carbons (Fsp3) is 0.125. The van der Waals surface area contributed by atoms with E-state index in [4.69, 9.17) is 5.73 Å². The molecule has 13 heavy (non-hydrogen) atoms. The van der Waals surface area contributed by atoms with Crippen LogP contribution in [0.3, 0.4) is 0 Å². The monoisotopic (exact) mass is 194 g/mol. The number of carbonyl (C=O) groups is 2. The Balaban J connectivity index is 2.66. The number of hydrogen-bond acceptors (Lipinski definition) is 4. The molecule has 0 saturated carbocycles. The molecule has 0 radical (unpaired) electrons. The molecule has 1 amide bonds. The zero-order chi connectivity index (χ0) is 9.68. The van der Waals surface area contributed by atoms with Gasteiger partial charge in [-0.3, -0.25) is 9.59 Å². The quantitative estimate of drug-likeness (QED) is 0.539. The standard InChI is InChI=1S/C8H6N2O2S/c9-7(12)2-1-3-8-10-6(4-11)5-13-8/h4-5H,2H2,(H2,9,12). The van der Waals surface area contributed by atoms with Crippen LogP contribution in [0.2, 0.25) is 0 Å². The molecule has 4 nitrogen and oxygen atoms in total. The first-order valence-electron chi connectivity index (χ1n) is 3.40.